The highest BCUT2D eigenvalue weighted by molar-refractivity contribution is 9.10. The van der Waals surface area contributed by atoms with E-state index < -0.39 is 11.6 Å². The summed E-state index contributed by atoms with van der Waals surface area (Å²) in [6, 6.07) is 10.7. The van der Waals surface area contributed by atoms with Crippen LogP contribution >= 0.6 is 15.9 Å². The van der Waals surface area contributed by atoms with Gasteiger partial charge in [-0.2, -0.15) is 0 Å². The van der Waals surface area contributed by atoms with Gasteiger partial charge in [0.25, 0.3) is 0 Å². The zero-order valence-corrected chi connectivity index (χ0v) is 9.76. The van der Waals surface area contributed by atoms with E-state index in [2.05, 4.69) is 21.2 Å². The van der Waals surface area contributed by atoms with E-state index in [1.807, 2.05) is 18.2 Å². The second kappa shape index (κ2) is 4.61. The molecule has 4 heteroatoms. The van der Waals surface area contributed by atoms with Crippen LogP contribution in [0, 0.1) is 11.6 Å². The first-order valence-corrected chi connectivity index (χ1v) is 5.42. The van der Waals surface area contributed by atoms with E-state index in [1.165, 1.54) is 12.1 Å². The van der Waals surface area contributed by atoms with Gasteiger partial charge in [-0.1, -0.05) is 22.0 Å². The minimum absolute atomic E-state index is 0.250. The smallest absolute Gasteiger partial charge is 0.149 e. The van der Waals surface area contributed by atoms with Gasteiger partial charge in [-0.3, -0.25) is 0 Å². The molecule has 16 heavy (non-hydrogen) atoms. The van der Waals surface area contributed by atoms with Crippen molar-refractivity contribution in [2.24, 2.45) is 0 Å². The summed E-state index contributed by atoms with van der Waals surface area (Å²) in [7, 11) is 0. The molecule has 1 N–H and O–H groups in total. The third-order valence-electron chi connectivity index (χ3n) is 2.03. The van der Waals surface area contributed by atoms with Crippen molar-refractivity contribution in [1.82, 2.24) is 0 Å². The summed E-state index contributed by atoms with van der Waals surface area (Å²) in [6.07, 6.45) is 0. The van der Waals surface area contributed by atoms with Gasteiger partial charge in [0.05, 0.1) is 5.69 Å². The molecule has 0 amide bonds. The van der Waals surface area contributed by atoms with Crippen molar-refractivity contribution in [3.8, 4) is 0 Å². The molecule has 0 radical (unpaired) electrons. The molecule has 0 aliphatic rings. The zero-order valence-electron chi connectivity index (χ0n) is 8.18. The maximum absolute atomic E-state index is 13.3. The van der Waals surface area contributed by atoms with Crippen molar-refractivity contribution in [3.63, 3.8) is 0 Å². The van der Waals surface area contributed by atoms with Gasteiger partial charge >= 0.3 is 0 Å². The lowest BCUT2D eigenvalue weighted by molar-refractivity contribution is 0.586. The predicted molar refractivity (Wildman–Crippen MR) is 63.8 cm³/mol. The maximum Gasteiger partial charge on any atom is 0.149 e. The summed E-state index contributed by atoms with van der Waals surface area (Å²) in [6.45, 7) is 0. The lowest BCUT2D eigenvalue weighted by Gasteiger charge is -2.07. The van der Waals surface area contributed by atoms with Crippen LogP contribution in [-0.4, -0.2) is 0 Å². The fourth-order valence-corrected chi connectivity index (χ4v) is 1.71. The molecule has 2 rings (SSSR count). The Balaban J connectivity index is 2.27. The van der Waals surface area contributed by atoms with Crippen molar-refractivity contribution < 1.29 is 8.78 Å². The van der Waals surface area contributed by atoms with Crippen LogP contribution in [0.2, 0.25) is 0 Å². The highest BCUT2D eigenvalue weighted by Gasteiger charge is 2.03. The van der Waals surface area contributed by atoms with Gasteiger partial charge in [-0.15, -0.1) is 0 Å². The fraction of sp³-hybridized carbons (Fsp3) is 0. The highest BCUT2D eigenvalue weighted by Crippen LogP contribution is 2.22. The van der Waals surface area contributed by atoms with Crippen LogP contribution in [0.1, 0.15) is 0 Å². The Labute approximate surface area is 100 Å². The van der Waals surface area contributed by atoms with Gasteiger partial charge in [0.15, 0.2) is 0 Å². The molecule has 1 nitrogen and oxygen atoms in total. The molecule has 2 aromatic rings. The number of nitrogens with one attached hydrogen (secondary N) is 1. The van der Waals surface area contributed by atoms with Gasteiger partial charge in [0, 0.05) is 16.2 Å². The number of hydrogen-bond donors (Lipinski definition) is 1. The second-order valence-corrected chi connectivity index (χ2v) is 4.18. The van der Waals surface area contributed by atoms with Gasteiger partial charge in [-0.05, 0) is 30.3 Å². The lowest BCUT2D eigenvalue weighted by Crippen LogP contribution is -1.94. The summed E-state index contributed by atoms with van der Waals surface area (Å²) < 4.78 is 26.9. The quantitative estimate of drug-likeness (QED) is 0.857. The Morgan fingerprint density at radius 3 is 2.50 bits per heavy atom. The van der Waals surface area contributed by atoms with Gasteiger partial charge in [0.2, 0.25) is 0 Å². The minimum atomic E-state index is -0.611. The third kappa shape index (κ3) is 2.58. The topological polar surface area (TPSA) is 12.0 Å². The Bertz CT molecular complexity index is 514. The molecule has 0 saturated heterocycles. The normalized spacial score (nSPS) is 10.2. The zero-order chi connectivity index (χ0) is 11.5. The van der Waals surface area contributed by atoms with E-state index in [9.17, 15) is 8.78 Å². The standard InChI is InChI=1S/C12H8BrF2N/c13-8-2-1-3-10(6-8)16-12-5-4-9(14)7-11(12)15/h1-7,16H. The highest BCUT2D eigenvalue weighted by atomic mass is 79.9. The fourth-order valence-electron chi connectivity index (χ4n) is 1.31. The third-order valence-corrected chi connectivity index (χ3v) is 2.53. The molecular weight excluding hydrogens is 276 g/mol. The average molecular weight is 284 g/mol. The van der Waals surface area contributed by atoms with E-state index in [4.69, 9.17) is 0 Å². The molecule has 0 fully saturated rings. The second-order valence-electron chi connectivity index (χ2n) is 3.26. The van der Waals surface area contributed by atoms with E-state index in [0.29, 0.717) is 0 Å². The van der Waals surface area contributed by atoms with Crippen molar-refractivity contribution in [2.75, 3.05) is 5.32 Å². The van der Waals surface area contributed by atoms with Crippen molar-refractivity contribution in [2.45, 2.75) is 0 Å². The molecule has 0 aliphatic heterocycles. The van der Waals surface area contributed by atoms with Crippen LogP contribution < -0.4 is 5.32 Å². The van der Waals surface area contributed by atoms with Gasteiger partial charge < -0.3 is 5.32 Å². The van der Waals surface area contributed by atoms with E-state index in [-0.39, 0.29) is 5.69 Å². The molecule has 0 heterocycles. The Morgan fingerprint density at radius 1 is 1.00 bits per heavy atom. The van der Waals surface area contributed by atoms with Gasteiger partial charge in [0.1, 0.15) is 11.6 Å². The first-order chi connectivity index (χ1) is 7.65. The summed E-state index contributed by atoms with van der Waals surface area (Å²) in [5, 5.41) is 2.87. The molecule has 0 aromatic heterocycles. The summed E-state index contributed by atoms with van der Waals surface area (Å²) in [5.74, 6) is -1.20. The number of benzene rings is 2. The van der Waals surface area contributed by atoms with Crippen LogP contribution in [0.4, 0.5) is 20.2 Å². The summed E-state index contributed by atoms with van der Waals surface area (Å²) in [5.41, 5.74) is 0.986. The van der Waals surface area contributed by atoms with Crippen LogP contribution in [0.5, 0.6) is 0 Å². The Kier molecular flexibility index (Phi) is 3.19. The monoisotopic (exact) mass is 283 g/mol. The van der Waals surface area contributed by atoms with E-state index in [0.717, 1.165) is 16.2 Å². The minimum Gasteiger partial charge on any atom is -0.353 e. The van der Waals surface area contributed by atoms with Crippen LogP contribution in [-0.2, 0) is 0 Å². The molecule has 0 atom stereocenters. The predicted octanol–water partition coefficient (Wildman–Crippen LogP) is 4.47. The van der Waals surface area contributed by atoms with Crippen LogP contribution in [0.25, 0.3) is 0 Å². The summed E-state index contributed by atoms with van der Waals surface area (Å²) in [4.78, 5) is 0. The molecule has 0 unspecified atom stereocenters. The van der Waals surface area contributed by atoms with Crippen molar-refractivity contribution in [3.05, 3.63) is 58.6 Å². The Morgan fingerprint density at radius 2 is 1.81 bits per heavy atom. The molecule has 82 valence electrons. The van der Waals surface area contributed by atoms with Crippen LogP contribution in [0.3, 0.4) is 0 Å². The average Bonchev–Trinajstić information content (AvgIpc) is 2.22. The molecule has 0 aliphatic carbocycles. The van der Waals surface area contributed by atoms with Crippen molar-refractivity contribution >= 4 is 27.3 Å². The van der Waals surface area contributed by atoms with Crippen LogP contribution in [0.15, 0.2) is 46.9 Å². The largest absolute Gasteiger partial charge is 0.353 e. The Hall–Kier alpha value is -1.42. The number of hydrogen-bond acceptors (Lipinski definition) is 1. The molecule has 0 spiro atoms. The lowest BCUT2D eigenvalue weighted by atomic mass is 10.2. The number of halogens is 3. The van der Waals surface area contributed by atoms with Crippen molar-refractivity contribution in [1.29, 1.82) is 0 Å². The van der Waals surface area contributed by atoms with E-state index in [1.54, 1.807) is 6.07 Å². The van der Waals surface area contributed by atoms with E-state index >= 15 is 0 Å². The molecule has 0 saturated carbocycles. The maximum atomic E-state index is 13.3. The number of rotatable bonds is 2. The SMILES string of the molecule is Fc1ccc(Nc2cccc(Br)c2)c(F)c1. The molecule has 2 aromatic carbocycles. The molecule has 0 bridgehead atoms. The number of anilines is 2. The first kappa shape index (κ1) is 11.1. The first-order valence-electron chi connectivity index (χ1n) is 4.63. The summed E-state index contributed by atoms with van der Waals surface area (Å²) >= 11 is 3.31. The molecular formula is C12H8BrF2N. The van der Waals surface area contributed by atoms with Gasteiger partial charge in [-0.25, -0.2) is 8.78 Å².